The number of methoxy groups -OCH3 is 1. The molecular formula is C12H18N2O5S. The molecule has 0 spiro atoms. The quantitative estimate of drug-likeness (QED) is 0.613. The van der Waals surface area contributed by atoms with Gasteiger partial charge in [0.1, 0.15) is 10.6 Å². The lowest BCUT2D eigenvalue weighted by molar-refractivity contribution is -0.385. The van der Waals surface area contributed by atoms with Gasteiger partial charge in [-0.1, -0.05) is 13.8 Å². The van der Waals surface area contributed by atoms with Crippen molar-refractivity contribution >= 4 is 15.7 Å². The van der Waals surface area contributed by atoms with Gasteiger partial charge in [-0.25, -0.2) is 13.1 Å². The van der Waals surface area contributed by atoms with E-state index in [1.165, 1.54) is 19.2 Å². The number of nitro benzene ring substituents is 1. The first kappa shape index (κ1) is 16.4. The third kappa shape index (κ3) is 4.17. The van der Waals surface area contributed by atoms with Crippen molar-refractivity contribution < 1.29 is 18.1 Å². The molecule has 8 heteroatoms. The summed E-state index contributed by atoms with van der Waals surface area (Å²) in [6.07, 6.45) is 0.677. The van der Waals surface area contributed by atoms with Crippen LogP contribution in [0.15, 0.2) is 23.1 Å². The molecule has 0 atom stereocenters. The van der Waals surface area contributed by atoms with Crippen LogP contribution in [0.2, 0.25) is 0 Å². The molecule has 0 aliphatic heterocycles. The number of benzene rings is 1. The summed E-state index contributed by atoms with van der Waals surface area (Å²) in [6.45, 7) is 4.22. The molecular weight excluding hydrogens is 284 g/mol. The molecule has 0 aliphatic carbocycles. The molecule has 0 bridgehead atoms. The zero-order chi connectivity index (χ0) is 15.3. The largest absolute Gasteiger partial charge is 0.495 e. The van der Waals surface area contributed by atoms with E-state index in [0.29, 0.717) is 12.3 Å². The average molecular weight is 302 g/mol. The van der Waals surface area contributed by atoms with E-state index in [9.17, 15) is 18.5 Å². The number of nitro groups is 1. The van der Waals surface area contributed by atoms with E-state index in [4.69, 9.17) is 4.74 Å². The van der Waals surface area contributed by atoms with E-state index in [1.54, 1.807) is 0 Å². The predicted octanol–water partition coefficient (Wildman–Crippen LogP) is 1.93. The van der Waals surface area contributed by atoms with E-state index < -0.39 is 14.9 Å². The van der Waals surface area contributed by atoms with Crippen LogP contribution in [0.3, 0.4) is 0 Å². The average Bonchev–Trinajstić information content (AvgIpc) is 2.37. The van der Waals surface area contributed by atoms with Gasteiger partial charge in [-0.3, -0.25) is 10.1 Å². The number of nitrogens with one attached hydrogen (secondary N) is 1. The molecule has 0 radical (unpaired) electrons. The fraction of sp³-hybridized carbons (Fsp3) is 0.500. The number of ether oxygens (including phenoxy) is 1. The number of hydrogen-bond donors (Lipinski definition) is 1. The topological polar surface area (TPSA) is 98.5 Å². The summed E-state index contributed by atoms with van der Waals surface area (Å²) in [4.78, 5) is 9.86. The van der Waals surface area contributed by atoms with Crippen LogP contribution < -0.4 is 9.46 Å². The van der Waals surface area contributed by atoms with Gasteiger partial charge in [0.25, 0.3) is 5.69 Å². The first-order valence-corrected chi connectivity index (χ1v) is 7.58. The predicted molar refractivity (Wildman–Crippen MR) is 74.3 cm³/mol. The fourth-order valence-electron chi connectivity index (χ4n) is 1.55. The Kier molecular flexibility index (Phi) is 5.46. The Labute approximate surface area is 118 Å². The summed E-state index contributed by atoms with van der Waals surface area (Å²) in [6, 6.07) is 3.47. The van der Waals surface area contributed by atoms with Crippen molar-refractivity contribution in [3.8, 4) is 5.75 Å². The van der Waals surface area contributed by atoms with Crippen molar-refractivity contribution in [1.82, 2.24) is 4.72 Å². The zero-order valence-electron chi connectivity index (χ0n) is 11.6. The van der Waals surface area contributed by atoms with Crippen molar-refractivity contribution in [2.24, 2.45) is 5.92 Å². The Morgan fingerprint density at radius 3 is 2.55 bits per heavy atom. The van der Waals surface area contributed by atoms with Crippen molar-refractivity contribution in [2.45, 2.75) is 25.2 Å². The standard InChI is InChI=1S/C12H18N2O5S/c1-9(2)6-7-13-20(17,18)12-8-10(14(15)16)4-5-11(12)19-3/h4-5,8-9,13H,6-7H2,1-3H3. The molecule has 0 aliphatic rings. The molecule has 1 aromatic carbocycles. The first-order valence-electron chi connectivity index (χ1n) is 6.10. The maximum atomic E-state index is 12.2. The molecule has 20 heavy (non-hydrogen) atoms. The van der Waals surface area contributed by atoms with Gasteiger partial charge in [0.2, 0.25) is 10.0 Å². The number of nitrogens with zero attached hydrogens (tertiary/aromatic N) is 1. The van der Waals surface area contributed by atoms with Crippen LogP contribution >= 0.6 is 0 Å². The van der Waals surface area contributed by atoms with Crippen LogP contribution in [-0.4, -0.2) is 27.0 Å². The lowest BCUT2D eigenvalue weighted by Crippen LogP contribution is -2.26. The van der Waals surface area contributed by atoms with Crippen molar-refractivity contribution in [1.29, 1.82) is 0 Å². The summed E-state index contributed by atoms with van der Waals surface area (Å²) in [5.41, 5.74) is -0.296. The van der Waals surface area contributed by atoms with Crippen molar-refractivity contribution in [3.63, 3.8) is 0 Å². The van der Waals surface area contributed by atoms with E-state index in [1.807, 2.05) is 13.8 Å². The summed E-state index contributed by atoms with van der Waals surface area (Å²) in [5.74, 6) is 0.428. The smallest absolute Gasteiger partial charge is 0.271 e. The van der Waals surface area contributed by atoms with Gasteiger partial charge in [-0.2, -0.15) is 0 Å². The number of hydrogen-bond acceptors (Lipinski definition) is 5. The van der Waals surface area contributed by atoms with Gasteiger partial charge >= 0.3 is 0 Å². The van der Waals surface area contributed by atoms with Gasteiger partial charge in [-0.15, -0.1) is 0 Å². The summed E-state index contributed by atoms with van der Waals surface area (Å²) < 4.78 is 31.7. The highest BCUT2D eigenvalue weighted by atomic mass is 32.2. The van der Waals surface area contributed by atoms with Crippen LogP contribution in [0.5, 0.6) is 5.75 Å². The minimum absolute atomic E-state index is 0.0765. The minimum atomic E-state index is -3.83. The second-order valence-corrected chi connectivity index (χ2v) is 6.41. The zero-order valence-corrected chi connectivity index (χ0v) is 12.4. The molecule has 0 heterocycles. The molecule has 1 N–H and O–H groups in total. The third-order valence-corrected chi connectivity index (χ3v) is 4.14. The van der Waals surface area contributed by atoms with Gasteiger partial charge in [0, 0.05) is 18.7 Å². The van der Waals surface area contributed by atoms with Crippen LogP contribution in [-0.2, 0) is 10.0 Å². The summed E-state index contributed by atoms with van der Waals surface area (Å²) >= 11 is 0. The van der Waals surface area contributed by atoms with Crippen LogP contribution in [0, 0.1) is 16.0 Å². The molecule has 1 rings (SSSR count). The Balaban J connectivity index is 3.08. The molecule has 0 unspecified atom stereocenters. The van der Waals surface area contributed by atoms with Gasteiger partial charge in [0.05, 0.1) is 12.0 Å². The fourth-order valence-corrected chi connectivity index (χ4v) is 2.78. The Morgan fingerprint density at radius 1 is 1.40 bits per heavy atom. The molecule has 0 amide bonds. The molecule has 0 saturated carbocycles. The monoisotopic (exact) mass is 302 g/mol. The van der Waals surface area contributed by atoms with E-state index in [0.717, 1.165) is 6.07 Å². The SMILES string of the molecule is COc1ccc([N+](=O)[O-])cc1S(=O)(=O)NCCC(C)C. The number of sulfonamides is 1. The van der Waals surface area contributed by atoms with Gasteiger partial charge in [0.15, 0.2) is 0 Å². The van der Waals surface area contributed by atoms with Crippen LogP contribution in [0.25, 0.3) is 0 Å². The highest BCUT2D eigenvalue weighted by molar-refractivity contribution is 7.89. The molecule has 0 aromatic heterocycles. The van der Waals surface area contributed by atoms with Crippen molar-refractivity contribution in [2.75, 3.05) is 13.7 Å². The molecule has 0 saturated heterocycles. The molecule has 7 nitrogen and oxygen atoms in total. The first-order chi connectivity index (χ1) is 9.27. The van der Waals surface area contributed by atoms with E-state index >= 15 is 0 Å². The minimum Gasteiger partial charge on any atom is -0.495 e. The van der Waals surface area contributed by atoms with Crippen LogP contribution in [0.1, 0.15) is 20.3 Å². The van der Waals surface area contributed by atoms with E-state index in [-0.39, 0.29) is 22.9 Å². The van der Waals surface area contributed by atoms with Gasteiger partial charge in [-0.05, 0) is 18.4 Å². The second-order valence-electron chi connectivity index (χ2n) is 4.67. The molecule has 0 fully saturated rings. The lowest BCUT2D eigenvalue weighted by Gasteiger charge is -2.11. The highest BCUT2D eigenvalue weighted by Crippen LogP contribution is 2.27. The maximum Gasteiger partial charge on any atom is 0.271 e. The van der Waals surface area contributed by atoms with E-state index in [2.05, 4.69) is 4.72 Å². The van der Waals surface area contributed by atoms with Gasteiger partial charge < -0.3 is 4.74 Å². The Hall–Kier alpha value is -1.67. The summed E-state index contributed by atoms with van der Waals surface area (Å²) in [7, 11) is -2.52. The Bertz CT molecular complexity index is 584. The second kappa shape index (κ2) is 6.67. The maximum absolute atomic E-state index is 12.2. The number of non-ortho nitro benzene ring substituents is 1. The van der Waals surface area contributed by atoms with Crippen LogP contribution in [0.4, 0.5) is 5.69 Å². The molecule has 112 valence electrons. The highest BCUT2D eigenvalue weighted by Gasteiger charge is 2.22. The third-order valence-electron chi connectivity index (χ3n) is 2.66. The normalized spacial score (nSPS) is 11.6. The molecule has 1 aromatic rings. The summed E-state index contributed by atoms with van der Waals surface area (Å²) in [5, 5.41) is 10.7. The lowest BCUT2D eigenvalue weighted by atomic mass is 10.1. The number of rotatable bonds is 7. The Morgan fingerprint density at radius 2 is 2.05 bits per heavy atom. The van der Waals surface area contributed by atoms with Crippen molar-refractivity contribution in [3.05, 3.63) is 28.3 Å².